The van der Waals surface area contributed by atoms with Crippen molar-refractivity contribution in [1.82, 2.24) is 5.06 Å². The van der Waals surface area contributed by atoms with Crippen LogP contribution in [0.2, 0.25) is 0 Å². The first kappa shape index (κ1) is 20.0. The summed E-state index contributed by atoms with van der Waals surface area (Å²) in [6.07, 6.45) is 2.94. The van der Waals surface area contributed by atoms with Gasteiger partial charge in [-0.25, -0.2) is 0 Å². The van der Waals surface area contributed by atoms with E-state index in [-0.39, 0.29) is 13.0 Å². The van der Waals surface area contributed by atoms with Gasteiger partial charge in [0.15, 0.2) is 0 Å². The molecular weight excluding hydrogens is 378 g/mol. The molecule has 0 aromatic heterocycles. The van der Waals surface area contributed by atoms with Crippen LogP contribution in [-0.2, 0) is 38.3 Å². The van der Waals surface area contributed by atoms with E-state index in [1.165, 1.54) is 0 Å². The Hall–Kier alpha value is -1.78. The van der Waals surface area contributed by atoms with Crippen molar-refractivity contribution in [2.24, 2.45) is 17.3 Å². The van der Waals surface area contributed by atoms with Crippen LogP contribution in [0.4, 0.5) is 0 Å². The maximum Gasteiger partial charge on any atom is 0.311 e. The van der Waals surface area contributed by atoms with E-state index in [2.05, 4.69) is 0 Å². The number of amides is 2. The zero-order chi connectivity index (χ0) is 20.0. The van der Waals surface area contributed by atoms with Gasteiger partial charge in [-0.2, -0.15) is 8.42 Å². The van der Waals surface area contributed by atoms with E-state index in [1.54, 1.807) is 26.0 Å². The van der Waals surface area contributed by atoms with Gasteiger partial charge in [0.1, 0.15) is 0 Å². The first-order valence-electron chi connectivity index (χ1n) is 8.88. The fourth-order valence-electron chi connectivity index (χ4n) is 3.24. The highest BCUT2D eigenvalue weighted by atomic mass is 32.2. The van der Waals surface area contributed by atoms with Crippen LogP contribution < -0.4 is 0 Å². The SMILES string of the molecule is CCC(C)(C)C(=O)OCCCS(=O)(=O)ON1C(=O)C2C3C=CC(O3)C2C1=O. The summed E-state index contributed by atoms with van der Waals surface area (Å²) in [5.41, 5.74) is -0.642. The smallest absolute Gasteiger partial charge is 0.311 e. The van der Waals surface area contributed by atoms with E-state index in [9.17, 15) is 22.8 Å². The van der Waals surface area contributed by atoms with Crippen LogP contribution in [0.25, 0.3) is 0 Å². The van der Waals surface area contributed by atoms with Gasteiger partial charge in [-0.05, 0) is 26.7 Å². The average molecular weight is 401 g/mol. The van der Waals surface area contributed by atoms with Crippen LogP contribution in [-0.4, -0.2) is 55.8 Å². The number of ether oxygens (including phenoxy) is 2. The second-order valence-electron chi connectivity index (χ2n) is 7.54. The molecule has 0 aromatic carbocycles. The highest BCUT2D eigenvalue weighted by Crippen LogP contribution is 2.45. The summed E-state index contributed by atoms with van der Waals surface area (Å²) in [5.74, 6) is -3.78. The fourth-order valence-corrected chi connectivity index (χ4v) is 4.16. The van der Waals surface area contributed by atoms with Crippen molar-refractivity contribution in [3.8, 4) is 0 Å². The molecule has 150 valence electrons. The maximum atomic E-state index is 12.4. The van der Waals surface area contributed by atoms with Crippen LogP contribution >= 0.6 is 0 Å². The third-order valence-electron chi connectivity index (χ3n) is 5.27. The molecule has 3 aliphatic rings. The number of rotatable bonds is 8. The van der Waals surface area contributed by atoms with Gasteiger partial charge < -0.3 is 9.47 Å². The summed E-state index contributed by atoms with van der Waals surface area (Å²) in [7, 11) is -4.18. The minimum atomic E-state index is -4.18. The Labute approximate surface area is 157 Å². The lowest BCUT2D eigenvalue weighted by Gasteiger charge is -2.20. The third kappa shape index (κ3) is 3.65. The van der Waals surface area contributed by atoms with Gasteiger partial charge in [-0.1, -0.05) is 19.1 Å². The van der Waals surface area contributed by atoms with E-state index in [0.29, 0.717) is 11.5 Å². The number of hydrogen-bond acceptors (Lipinski definition) is 8. The Balaban J connectivity index is 1.51. The minimum absolute atomic E-state index is 0.00708. The Bertz CT molecular complexity index is 757. The second kappa shape index (κ2) is 6.99. The molecule has 0 aromatic rings. The van der Waals surface area contributed by atoms with Crippen LogP contribution in [0.1, 0.15) is 33.6 Å². The second-order valence-corrected chi connectivity index (χ2v) is 9.21. The number of fused-ring (bicyclic) bond motifs is 5. The lowest BCUT2D eigenvalue weighted by molar-refractivity contribution is -0.168. The Morgan fingerprint density at radius 1 is 1.19 bits per heavy atom. The van der Waals surface area contributed by atoms with Gasteiger partial charge in [0.05, 0.1) is 41.8 Å². The summed E-state index contributed by atoms with van der Waals surface area (Å²) < 4.78 is 39.5. The Morgan fingerprint density at radius 2 is 1.74 bits per heavy atom. The van der Waals surface area contributed by atoms with Crippen molar-refractivity contribution in [2.75, 3.05) is 12.4 Å². The third-order valence-corrected chi connectivity index (χ3v) is 6.43. The topological polar surface area (TPSA) is 116 Å². The number of carbonyl (C=O) groups is 3. The number of imide groups is 1. The predicted octanol–water partition coefficient (Wildman–Crippen LogP) is 0.556. The van der Waals surface area contributed by atoms with Crippen LogP contribution in [0.5, 0.6) is 0 Å². The molecule has 2 fully saturated rings. The molecule has 27 heavy (non-hydrogen) atoms. The summed E-state index contributed by atoms with van der Waals surface area (Å²) in [5, 5.41) is 0.340. The molecule has 3 rings (SSSR count). The summed E-state index contributed by atoms with van der Waals surface area (Å²) in [6.45, 7) is 5.23. The Morgan fingerprint density at radius 3 is 2.26 bits per heavy atom. The molecular formula is C17H23NO8S. The number of carbonyl (C=O) groups excluding carboxylic acids is 3. The van der Waals surface area contributed by atoms with Crippen molar-refractivity contribution < 1.29 is 36.6 Å². The normalized spacial score (nSPS) is 29.5. The van der Waals surface area contributed by atoms with E-state index in [1.807, 2.05) is 6.92 Å². The van der Waals surface area contributed by atoms with E-state index < -0.39 is 63.1 Å². The number of esters is 1. The molecule has 4 atom stereocenters. The van der Waals surface area contributed by atoms with E-state index in [0.717, 1.165) is 0 Å². The molecule has 4 unspecified atom stereocenters. The highest BCUT2D eigenvalue weighted by Gasteiger charge is 2.62. The predicted molar refractivity (Wildman–Crippen MR) is 91.2 cm³/mol. The molecule has 2 saturated heterocycles. The summed E-state index contributed by atoms with van der Waals surface area (Å²) in [6, 6.07) is 0. The molecule has 0 N–H and O–H groups in total. The zero-order valence-corrected chi connectivity index (χ0v) is 16.2. The van der Waals surface area contributed by atoms with Gasteiger partial charge in [0, 0.05) is 0 Å². The maximum absolute atomic E-state index is 12.4. The molecule has 0 saturated carbocycles. The average Bonchev–Trinajstić information content (AvgIpc) is 3.28. The monoisotopic (exact) mass is 401 g/mol. The van der Waals surface area contributed by atoms with E-state index in [4.69, 9.17) is 13.8 Å². The summed E-state index contributed by atoms with van der Waals surface area (Å²) >= 11 is 0. The molecule has 10 heteroatoms. The summed E-state index contributed by atoms with van der Waals surface area (Å²) in [4.78, 5) is 36.6. The largest absolute Gasteiger partial charge is 0.465 e. The number of hydroxylamine groups is 2. The number of nitrogens with zero attached hydrogens (tertiary/aromatic N) is 1. The van der Waals surface area contributed by atoms with Gasteiger partial charge in [0.25, 0.3) is 21.9 Å². The standard InChI is InChI=1S/C17H23NO8S/c1-4-17(2,3)16(21)24-8-5-9-27(22,23)26-18-14(19)12-10-6-7-11(25-10)13(12)15(18)20/h6-7,10-13H,4-5,8-9H2,1-3H3. The molecule has 2 bridgehead atoms. The van der Waals surface area contributed by atoms with Gasteiger partial charge in [-0.3, -0.25) is 14.4 Å². The van der Waals surface area contributed by atoms with Crippen LogP contribution in [0.3, 0.4) is 0 Å². The quantitative estimate of drug-likeness (QED) is 0.251. The Kier molecular flexibility index (Phi) is 5.17. The van der Waals surface area contributed by atoms with Crippen molar-refractivity contribution in [3.63, 3.8) is 0 Å². The van der Waals surface area contributed by atoms with Crippen LogP contribution in [0, 0.1) is 17.3 Å². The van der Waals surface area contributed by atoms with Crippen molar-refractivity contribution in [2.45, 2.75) is 45.8 Å². The fraction of sp³-hybridized carbons (Fsp3) is 0.706. The van der Waals surface area contributed by atoms with Crippen molar-refractivity contribution >= 4 is 27.9 Å². The molecule has 3 heterocycles. The number of hydrogen-bond donors (Lipinski definition) is 0. The first-order valence-corrected chi connectivity index (χ1v) is 10.5. The molecule has 0 aliphatic carbocycles. The van der Waals surface area contributed by atoms with Gasteiger partial charge in [0.2, 0.25) is 0 Å². The van der Waals surface area contributed by atoms with Gasteiger partial charge in [-0.15, -0.1) is 9.35 Å². The van der Waals surface area contributed by atoms with Gasteiger partial charge >= 0.3 is 5.97 Å². The molecule has 9 nitrogen and oxygen atoms in total. The van der Waals surface area contributed by atoms with E-state index >= 15 is 0 Å². The highest BCUT2D eigenvalue weighted by molar-refractivity contribution is 7.86. The molecule has 0 spiro atoms. The lowest BCUT2D eigenvalue weighted by Crippen LogP contribution is -2.37. The van der Waals surface area contributed by atoms with Crippen molar-refractivity contribution in [3.05, 3.63) is 12.2 Å². The van der Waals surface area contributed by atoms with Crippen molar-refractivity contribution in [1.29, 1.82) is 0 Å². The molecule has 3 aliphatic heterocycles. The molecule has 2 amide bonds. The first-order chi connectivity index (χ1) is 12.6. The lowest BCUT2D eigenvalue weighted by atomic mass is 9.85. The zero-order valence-electron chi connectivity index (χ0n) is 15.4. The van der Waals surface area contributed by atoms with Crippen LogP contribution in [0.15, 0.2) is 12.2 Å². The minimum Gasteiger partial charge on any atom is -0.465 e. The molecule has 0 radical (unpaired) electrons.